The van der Waals surface area contributed by atoms with E-state index < -0.39 is 0 Å². The fraction of sp³-hybridized carbons (Fsp3) is 0.350. The number of carbonyl (C=O) groups excluding carboxylic acids is 2. The second-order valence-electron chi connectivity index (χ2n) is 6.78. The lowest BCUT2D eigenvalue weighted by molar-refractivity contribution is -0.114. The summed E-state index contributed by atoms with van der Waals surface area (Å²) in [4.78, 5) is 30.1. The second-order valence-corrected chi connectivity index (χ2v) is 6.78. The molecule has 1 aromatic carbocycles. The molecule has 0 bridgehead atoms. The van der Waals surface area contributed by atoms with E-state index in [1.54, 1.807) is 30.5 Å². The van der Waals surface area contributed by atoms with Gasteiger partial charge in [-0.05, 0) is 55.2 Å². The van der Waals surface area contributed by atoms with Gasteiger partial charge in [0, 0.05) is 43.3 Å². The molecule has 6 nitrogen and oxygen atoms in total. The number of nitrogens with zero attached hydrogens (tertiary/aromatic N) is 2. The number of amides is 2. The molecule has 0 saturated carbocycles. The van der Waals surface area contributed by atoms with E-state index in [1.807, 2.05) is 12.1 Å². The molecule has 0 radical (unpaired) electrons. The van der Waals surface area contributed by atoms with Crippen molar-refractivity contribution in [1.29, 1.82) is 0 Å². The summed E-state index contributed by atoms with van der Waals surface area (Å²) in [7, 11) is 0. The van der Waals surface area contributed by atoms with Crippen LogP contribution < -0.4 is 15.5 Å². The number of carbonyl (C=O) groups is 2. The van der Waals surface area contributed by atoms with E-state index in [-0.39, 0.29) is 11.8 Å². The van der Waals surface area contributed by atoms with Gasteiger partial charge in [-0.15, -0.1) is 0 Å². The van der Waals surface area contributed by atoms with Gasteiger partial charge in [-0.25, -0.2) is 0 Å². The highest BCUT2D eigenvalue weighted by Gasteiger charge is 2.17. The molecule has 1 fully saturated rings. The van der Waals surface area contributed by atoms with Gasteiger partial charge in [0.05, 0.1) is 0 Å². The average Bonchev–Trinajstić information content (AvgIpc) is 2.63. The number of benzene rings is 1. The summed E-state index contributed by atoms with van der Waals surface area (Å²) in [5.41, 5.74) is 2.78. The van der Waals surface area contributed by atoms with E-state index in [2.05, 4.69) is 27.4 Å². The lowest BCUT2D eigenvalue weighted by Gasteiger charge is -2.32. The number of hydrogen-bond acceptors (Lipinski definition) is 4. The molecule has 3 rings (SSSR count). The van der Waals surface area contributed by atoms with Crippen LogP contribution in [0.2, 0.25) is 0 Å². The maximum atomic E-state index is 12.5. The van der Waals surface area contributed by atoms with Gasteiger partial charge in [0.1, 0.15) is 5.69 Å². The minimum atomic E-state index is -0.246. The van der Waals surface area contributed by atoms with Gasteiger partial charge in [-0.3, -0.25) is 14.6 Å². The largest absolute Gasteiger partial charge is 0.371 e. The summed E-state index contributed by atoms with van der Waals surface area (Å²) >= 11 is 0. The van der Waals surface area contributed by atoms with Crippen LogP contribution in [0.1, 0.15) is 37.2 Å². The zero-order chi connectivity index (χ0) is 18.5. The molecular formula is C20H24N4O2. The highest BCUT2D eigenvalue weighted by Crippen LogP contribution is 2.23. The number of rotatable bonds is 4. The SMILES string of the molecule is CC(=O)Nc1ccc(NC(=O)c2cc(N3CCC(C)CC3)ccn2)cc1. The van der Waals surface area contributed by atoms with Gasteiger partial charge in [0.15, 0.2) is 0 Å². The molecule has 0 spiro atoms. The minimum Gasteiger partial charge on any atom is -0.371 e. The molecule has 0 aliphatic carbocycles. The summed E-state index contributed by atoms with van der Waals surface area (Å²) in [6, 6.07) is 10.8. The highest BCUT2D eigenvalue weighted by molar-refractivity contribution is 6.03. The van der Waals surface area contributed by atoms with Crippen LogP contribution in [0.4, 0.5) is 17.1 Å². The van der Waals surface area contributed by atoms with Crippen LogP contribution >= 0.6 is 0 Å². The van der Waals surface area contributed by atoms with Crippen molar-refractivity contribution in [3.8, 4) is 0 Å². The van der Waals surface area contributed by atoms with E-state index >= 15 is 0 Å². The number of hydrogen-bond donors (Lipinski definition) is 2. The van der Waals surface area contributed by atoms with Crippen LogP contribution in [-0.4, -0.2) is 29.9 Å². The van der Waals surface area contributed by atoms with E-state index in [9.17, 15) is 9.59 Å². The molecule has 26 heavy (non-hydrogen) atoms. The minimum absolute atomic E-state index is 0.130. The summed E-state index contributed by atoms with van der Waals surface area (Å²) in [5, 5.41) is 5.54. The van der Waals surface area contributed by atoms with Crippen molar-refractivity contribution in [2.45, 2.75) is 26.7 Å². The Kier molecular flexibility index (Phi) is 5.51. The summed E-state index contributed by atoms with van der Waals surface area (Å²) < 4.78 is 0. The predicted molar refractivity (Wildman–Crippen MR) is 104 cm³/mol. The average molecular weight is 352 g/mol. The van der Waals surface area contributed by atoms with Crippen molar-refractivity contribution >= 4 is 28.9 Å². The van der Waals surface area contributed by atoms with Crippen molar-refractivity contribution < 1.29 is 9.59 Å². The monoisotopic (exact) mass is 352 g/mol. The molecule has 6 heteroatoms. The molecular weight excluding hydrogens is 328 g/mol. The number of piperidine rings is 1. The topological polar surface area (TPSA) is 74.3 Å². The summed E-state index contributed by atoms with van der Waals surface area (Å²) in [5.74, 6) is 0.385. The number of anilines is 3. The van der Waals surface area contributed by atoms with Crippen LogP contribution in [0.3, 0.4) is 0 Å². The molecule has 1 aliphatic rings. The van der Waals surface area contributed by atoms with Crippen LogP contribution in [0.25, 0.3) is 0 Å². The van der Waals surface area contributed by atoms with Crippen molar-refractivity contribution in [3.05, 3.63) is 48.3 Å². The summed E-state index contributed by atoms with van der Waals surface area (Å²) in [6.45, 7) is 5.75. The van der Waals surface area contributed by atoms with Crippen LogP contribution in [0, 0.1) is 5.92 Å². The van der Waals surface area contributed by atoms with Crippen molar-refractivity contribution in [2.75, 3.05) is 28.6 Å². The molecule has 1 aromatic heterocycles. The maximum Gasteiger partial charge on any atom is 0.274 e. The molecule has 2 aromatic rings. The third kappa shape index (κ3) is 4.59. The van der Waals surface area contributed by atoms with Crippen molar-refractivity contribution in [1.82, 2.24) is 4.98 Å². The third-order valence-electron chi connectivity index (χ3n) is 4.59. The van der Waals surface area contributed by atoms with Gasteiger partial charge >= 0.3 is 0 Å². The maximum absolute atomic E-state index is 12.5. The van der Waals surface area contributed by atoms with Gasteiger partial charge in [0.2, 0.25) is 5.91 Å². The first-order valence-electron chi connectivity index (χ1n) is 8.91. The Morgan fingerprint density at radius 3 is 2.27 bits per heavy atom. The van der Waals surface area contributed by atoms with Crippen molar-refractivity contribution in [2.24, 2.45) is 5.92 Å². The molecule has 2 N–H and O–H groups in total. The Hall–Kier alpha value is -2.89. The second kappa shape index (κ2) is 7.99. The van der Waals surface area contributed by atoms with E-state index in [0.29, 0.717) is 17.1 Å². The molecule has 0 unspecified atom stereocenters. The standard InChI is InChI=1S/C20H24N4O2/c1-14-8-11-24(12-9-14)18-7-10-21-19(13-18)20(26)23-17-5-3-16(4-6-17)22-15(2)25/h3-7,10,13-14H,8-9,11-12H2,1-2H3,(H,22,25)(H,23,26). The first kappa shape index (κ1) is 17.9. The Morgan fingerprint density at radius 1 is 1.04 bits per heavy atom. The summed E-state index contributed by atoms with van der Waals surface area (Å²) in [6.07, 6.45) is 4.02. The quantitative estimate of drug-likeness (QED) is 0.883. The molecule has 2 heterocycles. The van der Waals surface area contributed by atoms with E-state index in [0.717, 1.165) is 24.7 Å². The molecule has 1 saturated heterocycles. The normalized spacial score (nSPS) is 14.8. The Labute approximate surface area is 153 Å². The van der Waals surface area contributed by atoms with E-state index in [1.165, 1.54) is 19.8 Å². The highest BCUT2D eigenvalue weighted by atomic mass is 16.2. The molecule has 2 amide bonds. The van der Waals surface area contributed by atoms with Crippen LogP contribution in [0.15, 0.2) is 42.6 Å². The Balaban J connectivity index is 1.66. The van der Waals surface area contributed by atoms with Gasteiger partial charge in [-0.2, -0.15) is 0 Å². The smallest absolute Gasteiger partial charge is 0.274 e. The number of aromatic nitrogens is 1. The zero-order valence-corrected chi connectivity index (χ0v) is 15.2. The van der Waals surface area contributed by atoms with Crippen molar-refractivity contribution in [3.63, 3.8) is 0 Å². The molecule has 1 aliphatic heterocycles. The predicted octanol–water partition coefficient (Wildman–Crippen LogP) is 3.53. The van der Waals surface area contributed by atoms with E-state index in [4.69, 9.17) is 0 Å². The zero-order valence-electron chi connectivity index (χ0n) is 15.2. The van der Waals surface area contributed by atoms with Crippen LogP contribution in [0.5, 0.6) is 0 Å². The molecule has 136 valence electrons. The van der Waals surface area contributed by atoms with Gasteiger partial charge in [0.25, 0.3) is 5.91 Å². The lowest BCUT2D eigenvalue weighted by Crippen LogP contribution is -2.33. The van der Waals surface area contributed by atoms with Crippen LogP contribution in [-0.2, 0) is 4.79 Å². The Morgan fingerprint density at radius 2 is 1.65 bits per heavy atom. The fourth-order valence-corrected chi connectivity index (χ4v) is 3.04. The lowest BCUT2D eigenvalue weighted by atomic mass is 9.99. The number of nitrogens with one attached hydrogen (secondary N) is 2. The van der Waals surface area contributed by atoms with Gasteiger partial charge < -0.3 is 15.5 Å². The fourth-order valence-electron chi connectivity index (χ4n) is 3.04. The van der Waals surface area contributed by atoms with Gasteiger partial charge in [-0.1, -0.05) is 6.92 Å². The first-order chi connectivity index (χ1) is 12.5. The first-order valence-corrected chi connectivity index (χ1v) is 8.91. The number of pyridine rings is 1. The Bertz CT molecular complexity index is 781. The third-order valence-corrected chi connectivity index (χ3v) is 4.59. The molecule has 0 atom stereocenters.